The van der Waals surface area contributed by atoms with Gasteiger partial charge in [0.1, 0.15) is 0 Å². The van der Waals surface area contributed by atoms with Gasteiger partial charge in [-0.1, -0.05) is 18.2 Å². The Balaban J connectivity index is 2.15. The van der Waals surface area contributed by atoms with Crippen LogP contribution in [0.15, 0.2) is 36.9 Å². The number of hydrogen-bond donors (Lipinski definition) is 0. The molecule has 0 N–H and O–H groups in total. The minimum absolute atomic E-state index is 0.379. The second kappa shape index (κ2) is 3.40. The van der Waals surface area contributed by atoms with Crippen molar-refractivity contribution in [3.63, 3.8) is 0 Å². The average Bonchev–Trinajstić information content (AvgIpc) is 2.95. The molecule has 0 nitrogen and oxygen atoms in total. The van der Waals surface area contributed by atoms with Crippen LogP contribution in [0.3, 0.4) is 0 Å². The molecule has 0 aromatic heterocycles. The Kier molecular flexibility index (Phi) is 2.33. The highest BCUT2D eigenvalue weighted by Crippen LogP contribution is 2.48. The lowest BCUT2D eigenvalue weighted by molar-refractivity contribution is -0.137. The van der Waals surface area contributed by atoms with Crippen molar-refractivity contribution in [1.29, 1.82) is 0 Å². The molecular formula is C12H11F3. The van der Waals surface area contributed by atoms with Gasteiger partial charge < -0.3 is 0 Å². The molecule has 0 spiro atoms. The van der Waals surface area contributed by atoms with Crippen LogP contribution in [0.5, 0.6) is 0 Å². The van der Waals surface area contributed by atoms with Crippen molar-refractivity contribution in [3.8, 4) is 0 Å². The van der Waals surface area contributed by atoms with Crippen LogP contribution in [0.25, 0.3) is 0 Å². The number of allylic oxidation sites excluding steroid dienone is 1. The third kappa shape index (κ3) is 2.06. The molecule has 1 aromatic rings. The lowest BCUT2D eigenvalue weighted by Crippen LogP contribution is -2.04. The molecule has 0 amide bonds. The van der Waals surface area contributed by atoms with Crippen LogP contribution in [0.2, 0.25) is 0 Å². The van der Waals surface area contributed by atoms with Crippen LogP contribution in [0, 0.1) is 5.92 Å². The molecule has 1 fully saturated rings. The lowest BCUT2D eigenvalue weighted by Gasteiger charge is -2.07. The Morgan fingerprint density at radius 3 is 2.20 bits per heavy atom. The summed E-state index contributed by atoms with van der Waals surface area (Å²) in [6.07, 6.45) is -1.36. The van der Waals surface area contributed by atoms with Crippen LogP contribution in [-0.4, -0.2) is 0 Å². The van der Waals surface area contributed by atoms with E-state index in [9.17, 15) is 13.2 Å². The predicted octanol–water partition coefficient (Wildman–Crippen LogP) is 3.99. The highest BCUT2D eigenvalue weighted by atomic mass is 19.4. The van der Waals surface area contributed by atoms with Crippen LogP contribution in [-0.2, 0) is 6.18 Å². The molecule has 1 aromatic carbocycles. The predicted molar refractivity (Wildman–Crippen MR) is 52.5 cm³/mol. The van der Waals surface area contributed by atoms with Gasteiger partial charge in [0.2, 0.25) is 0 Å². The summed E-state index contributed by atoms with van der Waals surface area (Å²) >= 11 is 0. The minimum atomic E-state index is -4.24. The van der Waals surface area contributed by atoms with Crippen LogP contribution in [0.1, 0.15) is 23.5 Å². The second-order valence-electron chi connectivity index (χ2n) is 3.86. The number of hydrogen-bond acceptors (Lipinski definition) is 0. The molecule has 0 bridgehead atoms. The van der Waals surface area contributed by atoms with Gasteiger partial charge in [-0.25, -0.2) is 0 Å². The SMILES string of the molecule is C=CC1CC1c1ccc(C(F)(F)F)cc1. The van der Waals surface area contributed by atoms with Crippen LogP contribution in [0.4, 0.5) is 13.2 Å². The fraction of sp³-hybridized carbons (Fsp3) is 0.333. The molecule has 0 saturated heterocycles. The Bertz CT molecular complexity index is 361. The molecule has 2 unspecified atom stereocenters. The molecule has 2 atom stereocenters. The van der Waals surface area contributed by atoms with Gasteiger partial charge >= 0.3 is 6.18 Å². The van der Waals surface area contributed by atoms with Gasteiger partial charge in [-0.2, -0.15) is 13.2 Å². The van der Waals surface area contributed by atoms with E-state index in [2.05, 4.69) is 6.58 Å². The van der Waals surface area contributed by atoms with E-state index in [1.807, 2.05) is 6.08 Å². The zero-order valence-corrected chi connectivity index (χ0v) is 8.09. The van der Waals surface area contributed by atoms with Crippen molar-refractivity contribution >= 4 is 0 Å². The second-order valence-corrected chi connectivity index (χ2v) is 3.86. The number of rotatable bonds is 2. The zero-order valence-electron chi connectivity index (χ0n) is 8.09. The quantitative estimate of drug-likeness (QED) is 0.650. The summed E-state index contributed by atoms with van der Waals surface area (Å²) in [4.78, 5) is 0. The first-order valence-corrected chi connectivity index (χ1v) is 4.82. The molecule has 0 radical (unpaired) electrons. The van der Waals surface area contributed by atoms with Gasteiger partial charge in [-0.15, -0.1) is 6.58 Å². The van der Waals surface area contributed by atoms with Crippen LogP contribution < -0.4 is 0 Å². The van der Waals surface area contributed by atoms with Gasteiger partial charge in [0.05, 0.1) is 5.56 Å². The molecule has 0 aliphatic heterocycles. The Labute approximate surface area is 86.4 Å². The summed E-state index contributed by atoms with van der Waals surface area (Å²) in [5.41, 5.74) is 0.398. The van der Waals surface area contributed by atoms with Gasteiger partial charge in [0.15, 0.2) is 0 Å². The van der Waals surface area contributed by atoms with Gasteiger partial charge in [-0.05, 0) is 36.0 Å². The molecule has 0 heterocycles. The maximum absolute atomic E-state index is 12.3. The Morgan fingerprint density at radius 2 is 1.80 bits per heavy atom. The van der Waals surface area contributed by atoms with E-state index in [4.69, 9.17) is 0 Å². The van der Waals surface area contributed by atoms with Crippen LogP contribution >= 0.6 is 0 Å². The first kappa shape index (κ1) is 10.3. The van der Waals surface area contributed by atoms with E-state index in [1.54, 1.807) is 12.1 Å². The van der Waals surface area contributed by atoms with Crippen molar-refractivity contribution in [2.75, 3.05) is 0 Å². The maximum atomic E-state index is 12.3. The highest BCUT2D eigenvalue weighted by molar-refractivity contribution is 5.32. The summed E-state index contributed by atoms with van der Waals surface area (Å²) in [5.74, 6) is 0.825. The molecule has 1 aliphatic carbocycles. The topological polar surface area (TPSA) is 0 Å². The zero-order chi connectivity index (χ0) is 11.1. The van der Waals surface area contributed by atoms with E-state index in [1.165, 1.54) is 0 Å². The standard InChI is InChI=1S/C12H11F3/c1-2-8-7-11(8)9-3-5-10(6-4-9)12(13,14)15/h2-6,8,11H,1,7H2. The first-order valence-electron chi connectivity index (χ1n) is 4.82. The van der Waals surface area contributed by atoms with E-state index >= 15 is 0 Å². The molecule has 15 heavy (non-hydrogen) atoms. The number of benzene rings is 1. The third-order valence-corrected chi connectivity index (χ3v) is 2.81. The van der Waals surface area contributed by atoms with Crippen molar-refractivity contribution in [2.45, 2.75) is 18.5 Å². The smallest absolute Gasteiger partial charge is 0.166 e. The van der Waals surface area contributed by atoms with Crippen molar-refractivity contribution in [1.82, 2.24) is 0 Å². The maximum Gasteiger partial charge on any atom is 0.416 e. The molecule has 1 aliphatic rings. The van der Waals surface area contributed by atoms with E-state index < -0.39 is 11.7 Å². The van der Waals surface area contributed by atoms with Crippen molar-refractivity contribution in [2.24, 2.45) is 5.92 Å². The molecule has 2 rings (SSSR count). The summed E-state index contributed by atoms with van der Waals surface area (Å²) in [5, 5.41) is 0. The van der Waals surface area contributed by atoms with E-state index in [0.29, 0.717) is 11.8 Å². The summed E-state index contributed by atoms with van der Waals surface area (Å²) < 4.78 is 36.8. The third-order valence-electron chi connectivity index (χ3n) is 2.81. The molecular weight excluding hydrogens is 201 g/mol. The average molecular weight is 212 g/mol. The van der Waals surface area contributed by atoms with E-state index in [-0.39, 0.29) is 0 Å². The molecule has 1 saturated carbocycles. The fourth-order valence-electron chi connectivity index (χ4n) is 1.78. The normalized spacial score (nSPS) is 25.0. The summed E-state index contributed by atoms with van der Waals surface area (Å²) in [7, 11) is 0. The lowest BCUT2D eigenvalue weighted by atomic mass is 10.1. The van der Waals surface area contributed by atoms with E-state index in [0.717, 1.165) is 24.1 Å². The Hall–Kier alpha value is -1.25. The summed E-state index contributed by atoms with van der Waals surface area (Å²) in [6, 6.07) is 5.43. The largest absolute Gasteiger partial charge is 0.416 e. The minimum Gasteiger partial charge on any atom is -0.166 e. The highest BCUT2D eigenvalue weighted by Gasteiger charge is 2.36. The number of halogens is 3. The van der Waals surface area contributed by atoms with Gasteiger partial charge in [0.25, 0.3) is 0 Å². The molecule has 80 valence electrons. The Morgan fingerprint density at radius 1 is 1.20 bits per heavy atom. The molecule has 3 heteroatoms. The monoisotopic (exact) mass is 212 g/mol. The fourth-order valence-corrected chi connectivity index (χ4v) is 1.78. The number of alkyl halides is 3. The van der Waals surface area contributed by atoms with Crippen molar-refractivity contribution in [3.05, 3.63) is 48.0 Å². The first-order chi connectivity index (χ1) is 7.02. The van der Waals surface area contributed by atoms with Gasteiger partial charge in [0, 0.05) is 0 Å². The van der Waals surface area contributed by atoms with Crippen molar-refractivity contribution < 1.29 is 13.2 Å². The van der Waals surface area contributed by atoms with Gasteiger partial charge in [-0.3, -0.25) is 0 Å². The summed E-state index contributed by atoms with van der Waals surface area (Å²) in [6.45, 7) is 3.68.